The lowest BCUT2D eigenvalue weighted by atomic mass is 10.2. The number of allylic oxidation sites excluding steroid dienone is 1. The summed E-state index contributed by atoms with van der Waals surface area (Å²) in [6, 6.07) is 2.50. The summed E-state index contributed by atoms with van der Waals surface area (Å²) < 4.78 is 27.8. The van der Waals surface area contributed by atoms with Crippen LogP contribution in [-0.4, -0.2) is 20.7 Å². The first-order valence-corrected chi connectivity index (χ1v) is 6.77. The van der Waals surface area contributed by atoms with Gasteiger partial charge in [-0.2, -0.15) is 15.0 Å². The number of pyridine rings is 1. The number of aromatic nitrogens is 3. The maximum Gasteiger partial charge on any atom is 0.225 e. The second kappa shape index (κ2) is 7.26. The summed E-state index contributed by atoms with van der Waals surface area (Å²) in [6.07, 6.45) is 5.16. The molecule has 118 valence electrons. The summed E-state index contributed by atoms with van der Waals surface area (Å²) in [4.78, 5) is 15.5. The van der Waals surface area contributed by atoms with Gasteiger partial charge in [-0.1, -0.05) is 6.08 Å². The van der Waals surface area contributed by atoms with Crippen molar-refractivity contribution in [3.63, 3.8) is 0 Å². The third-order valence-electron chi connectivity index (χ3n) is 2.95. The lowest BCUT2D eigenvalue weighted by Gasteiger charge is -2.09. The van der Waals surface area contributed by atoms with Gasteiger partial charge in [-0.25, -0.2) is 13.8 Å². The summed E-state index contributed by atoms with van der Waals surface area (Å²) in [5, 5.41) is 15.4. The number of hydrogen-bond donors (Lipinski definition) is 1. The minimum absolute atomic E-state index is 0.00545. The van der Waals surface area contributed by atoms with E-state index in [0.717, 1.165) is 10.9 Å². The van der Waals surface area contributed by atoms with Crippen molar-refractivity contribution in [3.05, 3.63) is 48.3 Å². The Morgan fingerprint density at radius 1 is 1.48 bits per heavy atom. The number of halogens is 2. The van der Waals surface area contributed by atoms with Crippen LogP contribution in [0.15, 0.2) is 31.1 Å². The fourth-order valence-corrected chi connectivity index (χ4v) is 1.88. The van der Waals surface area contributed by atoms with Crippen LogP contribution in [0, 0.1) is 23.0 Å². The number of carbonyl (C=O) groups is 1. The number of carbonyl (C=O) groups excluding carboxylic acids is 1. The molecule has 0 unspecified atom stereocenters. The van der Waals surface area contributed by atoms with Crippen LogP contribution < -0.4 is 5.32 Å². The third kappa shape index (κ3) is 3.77. The molecule has 2 rings (SSSR count). The highest BCUT2D eigenvalue weighted by Gasteiger charge is 2.18. The van der Waals surface area contributed by atoms with Crippen LogP contribution in [0.25, 0.3) is 5.82 Å². The molecular formula is C15H13F2N5O. The molecule has 0 radical (unpaired) electrons. The Bertz CT molecular complexity index is 779. The Hall–Kier alpha value is -3.08. The van der Waals surface area contributed by atoms with E-state index in [1.807, 2.05) is 6.07 Å². The van der Waals surface area contributed by atoms with Crippen molar-refractivity contribution in [3.8, 4) is 11.9 Å². The molecule has 2 aromatic rings. The van der Waals surface area contributed by atoms with E-state index in [1.54, 1.807) is 6.08 Å². The van der Waals surface area contributed by atoms with Crippen LogP contribution in [0.4, 0.5) is 14.6 Å². The summed E-state index contributed by atoms with van der Waals surface area (Å²) in [5.74, 6) is -2.47. The molecule has 0 fully saturated rings. The first-order valence-electron chi connectivity index (χ1n) is 6.77. The molecule has 2 heterocycles. The quantitative estimate of drug-likeness (QED) is 0.656. The zero-order chi connectivity index (χ0) is 16.8. The van der Waals surface area contributed by atoms with E-state index in [-0.39, 0.29) is 29.5 Å². The largest absolute Gasteiger partial charge is 0.309 e. The van der Waals surface area contributed by atoms with E-state index >= 15 is 0 Å². The number of nitriles is 1. The monoisotopic (exact) mass is 317 g/mol. The minimum Gasteiger partial charge on any atom is -0.309 e. The van der Waals surface area contributed by atoms with Crippen molar-refractivity contribution in [1.29, 1.82) is 5.26 Å². The number of amides is 1. The summed E-state index contributed by atoms with van der Waals surface area (Å²) in [7, 11) is 0. The zero-order valence-corrected chi connectivity index (χ0v) is 12.1. The molecule has 0 spiro atoms. The van der Waals surface area contributed by atoms with Gasteiger partial charge in [0, 0.05) is 12.5 Å². The van der Waals surface area contributed by atoms with Gasteiger partial charge in [-0.3, -0.25) is 4.79 Å². The van der Waals surface area contributed by atoms with E-state index in [9.17, 15) is 13.6 Å². The van der Waals surface area contributed by atoms with Gasteiger partial charge in [0.15, 0.2) is 17.5 Å². The van der Waals surface area contributed by atoms with E-state index in [2.05, 4.69) is 22.0 Å². The molecule has 0 aromatic carbocycles. The maximum atomic E-state index is 13.8. The lowest BCUT2D eigenvalue weighted by molar-refractivity contribution is -0.116. The van der Waals surface area contributed by atoms with Crippen molar-refractivity contribution in [2.45, 2.75) is 19.3 Å². The molecule has 0 saturated carbocycles. The SMILES string of the molecule is C=CCCCC(=O)Nc1c(C#N)cnn1-c1ncc(F)cc1F. The van der Waals surface area contributed by atoms with E-state index < -0.39 is 11.6 Å². The van der Waals surface area contributed by atoms with Crippen molar-refractivity contribution < 1.29 is 13.6 Å². The molecule has 23 heavy (non-hydrogen) atoms. The normalized spacial score (nSPS) is 10.1. The van der Waals surface area contributed by atoms with Gasteiger partial charge in [-0.15, -0.1) is 6.58 Å². The minimum atomic E-state index is -0.959. The Morgan fingerprint density at radius 3 is 2.91 bits per heavy atom. The predicted octanol–water partition coefficient (Wildman–Crippen LogP) is 2.71. The summed E-state index contributed by atoms with van der Waals surface area (Å²) in [5.41, 5.74) is 0.0487. The van der Waals surface area contributed by atoms with Crippen molar-refractivity contribution in [2.75, 3.05) is 5.32 Å². The number of rotatable bonds is 6. The van der Waals surface area contributed by atoms with Gasteiger partial charge >= 0.3 is 0 Å². The van der Waals surface area contributed by atoms with Crippen LogP contribution in [-0.2, 0) is 4.79 Å². The molecule has 0 saturated heterocycles. The Balaban J connectivity index is 2.32. The van der Waals surface area contributed by atoms with Crippen molar-refractivity contribution in [2.24, 2.45) is 0 Å². The van der Waals surface area contributed by atoms with Gasteiger partial charge in [0.1, 0.15) is 17.4 Å². The van der Waals surface area contributed by atoms with Crippen LogP contribution in [0.5, 0.6) is 0 Å². The van der Waals surface area contributed by atoms with Gasteiger partial charge in [0.2, 0.25) is 5.91 Å². The molecule has 0 aliphatic carbocycles. The predicted molar refractivity (Wildman–Crippen MR) is 78.7 cm³/mol. The zero-order valence-electron chi connectivity index (χ0n) is 12.1. The highest BCUT2D eigenvalue weighted by atomic mass is 19.1. The number of hydrogen-bond acceptors (Lipinski definition) is 4. The summed E-state index contributed by atoms with van der Waals surface area (Å²) >= 11 is 0. The number of anilines is 1. The molecule has 8 heteroatoms. The van der Waals surface area contributed by atoms with Gasteiger partial charge in [-0.05, 0) is 12.8 Å². The van der Waals surface area contributed by atoms with Crippen LogP contribution in [0.1, 0.15) is 24.8 Å². The molecule has 0 atom stereocenters. The van der Waals surface area contributed by atoms with Gasteiger partial charge in [0.05, 0.1) is 12.4 Å². The average molecular weight is 317 g/mol. The fourth-order valence-electron chi connectivity index (χ4n) is 1.88. The average Bonchev–Trinajstić information content (AvgIpc) is 2.90. The Morgan fingerprint density at radius 2 is 2.26 bits per heavy atom. The van der Waals surface area contributed by atoms with Crippen molar-refractivity contribution in [1.82, 2.24) is 14.8 Å². The van der Waals surface area contributed by atoms with E-state index in [1.165, 1.54) is 6.20 Å². The summed E-state index contributed by atoms with van der Waals surface area (Å²) in [6.45, 7) is 3.56. The molecule has 0 aliphatic rings. The topological polar surface area (TPSA) is 83.6 Å². The molecule has 2 aromatic heterocycles. The number of unbranched alkanes of at least 4 members (excludes halogenated alkanes) is 1. The maximum absolute atomic E-state index is 13.8. The molecule has 0 bridgehead atoms. The first-order chi connectivity index (χ1) is 11.1. The number of nitrogens with one attached hydrogen (secondary N) is 1. The standard InChI is InChI=1S/C15H13F2N5O/c1-2-3-4-5-13(23)21-14-10(7-18)8-20-22(14)15-12(17)6-11(16)9-19-15/h2,6,8-9H,1,3-5H2,(H,21,23). The van der Waals surface area contributed by atoms with Crippen molar-refractivity contribution >= 4 is 11.7 Å². The molecule has 6 nitrogen and oxygen atoms in total. The van der Waals surface area contributed by atoms with Crippen LogP contribution in [0.2, 0.25) is 0 Å². The molecule has 0 aliphatic heterocycles. The van der Waals surface area contributed by atoms with E-state index in [0.29, 0.717) is 18.9 Å². The smallest absolute Gasteiger partial charge is 0.225 e. The third-order valence-corrected chi connectivity index (χ3v) is 2.95. The fraction of sp³-hybridized carbons (Fsp3) is 0.200. The lowest BCUT2D eigenvalue weighted by Crippen LogP contribution is -2.16. The van der Waals surface area contributed by atoms with E-state index in [4.69, 9.17) is 5.26 Å². The van der Waals surface area contributed by atoms with Crippen LogP contribution >= 0.6 is 0 Å². The second-order valence-corrected chi connectivity index (χ2v) is 4.62. The first kappa shape index (κ1) is 16.3. The molecule has 1 amide bonds. The molecule has 1 N–H and O–H groups in total. The number of nitrogens with zero attached hydrogens (tertiary/aromatic N) is 4. The second-order valence-electron chi connectivity index (χ2n) is 4.62. The van der Waals surface area contributed by atoms with Gasteiger partial charge in [0.25, 0.3) is 0 Å². The Labute approximate surface area is 131 Å². The van der Waals surface area contributed by atoms with Crippen LogP contribution in [0.3, 0.4) is 0 Å². The van der Waals surface area contributed by atoms with Gasteiger partial charge < -0.3 is 5.32 Å². The highest BCUT2D eigenvalue weighted by Crippen LogP contribution is 2.21. The molecular weight excluding hydrogens is 304 g/mol. The highest BCUT2D eigenvalue weighted by molar-refractivity contribution is 5.91. The Kier molecular flexibility index (Phi) is 5.15.